The van der Waals surface area contributed by atoms with Gasteiger partial charge in [-0.25, -0.2) is 4.79 Å². The standard InChI is InChI=1S/C24H29N3O2/c28-21(26-18-23(15-16-23)20-11-5-2-6-12-20)24(13-7-8-14-24)27-22(29)25-17-19-9-3-1-4-10-19/h1-6,9-12H,7-8,13-18H2,(H,26,28)(H2,25,27,29). The highest BCUT2D eigenvalue weighted by atomic mass is 16.2. The van der Waals surface area contributed by atoms with Gasteiger partial charge in [0.2, 0.25) is 5.91 Å². The summed E-state index contributed by atoms with van der Waals surface area (Å²) in [5.74, 6) is -0.0490. The van der Waals surface area contributed by atoms with Crippen molar-refractivity contribution in [2.75, 3.05) is 6.54 Å². The summed E-state index contributed by atoms with van der Waals surface area (Å²) < 4.78 is 0. The van der Waals surface area contributed by atoms with Crippen molar-refractivity contribution in [1.82, 2.24) is 16.0 Å². The van der Waals surface area contributed by atoms with Crippen LogP contribution in [-0.2, 0) is 16.8 Å². The lowest BCUT2D eigenvalue weighted by molar-refractivity contribution is -0.127. The number of benzene rings is 2. The summed E-state index contributed by atoms with van der Waals surface area (Å²) in [7, 11) is 0. The first-order chi connectivity index (χ1) is 14.1. The van der Waals surface area contributed by atoms with Crippen LogP contribution < -0.4 is 16.0 Å². The largest absolute Gasteiger partial charge is 0.353 e. The van der Waals surface area contributed by atoms with Crippen molar-refractivity contribution in [3.05, 3.63) is 71.8 Å². The molecular formula is C24H29N3O2. The Hall–Kier alpha value is -2.82. The molecule has 2 aromatic rings. The number of carbonyl (C=O) groups excluding carboxylic acids is 2. The molecule has 0 aromatic heterocycles. The fourth-order valence-corrected chi connectivity index (χ4v) is 4.36. The van der Waals surface area contributed by atoms with Gasteiger partial charge in [-0.1, -0.05) is 73.5 Å². The van der Waals surface area contributed by atoms with E-state index in [1.807, 2.05) is 48.5 Å². The van der Waals surface area contributed by atoms with E-state index in [1.54, 1.807) is 0 Å². The second-order valence-corrected chi connectivity index (χ2v) is 8.41. The van der Waals surface area contributed by atoms with Crippen LogP contribution in [0.3, 0.4) is 0 Å². The number of urea groups is 1. The summed E-state index contributed by atoms with van der Waals surface area (Å²) in [5, 5.41) is 9.05. The first-order valence-corrected chi connectivity index (χ1v) is 10.6. The van der Waals surface area contributed by atoms with Crippen LogP contribution in [0.1, 0.15) is 49.7 Å². The number of rotatable bonds is 7. The lowest BCUT2D eigenvalue weighted by atomic mass is 9.93. The zero-order chi connectivity index (χ0) is 20.2. The van der Waals surface area contributed by atoms with E-state index in [-0.39, 0.29) is 17.4 Å². The Balaban J connectivity index is 1.35. The predicted molar refractivity (Wildman–Crippen MR) is 113 cm³/mol. The van der Waals surface area contributed by atoms with E-state index in [0.717, 1.165) is 31.2 Å². The van der Waals surface area contributed by atoms with Crippen LogP contribution in [-0.4, -0.2) is 24.0 Å². The van der Waals surface area contributed by atoms with Gasteiger partial charge in [0.15, 0.2) is 0 Å². The zero-order valence-electron chi connectivity index (χ0n) is 16.7. The molecule has 5 nitrogen and oxygen atoms in total. The molecule has 5 heteroatoms. The predicted octanol–water partition coefficient (Wildman–Crippen LogP) is 3.65. The van der Waals surface area contributed by atoms with Crippen molar-refractivity contribution >= 4 is 11.9 Å². The molecule has 2 aliphatic carbocycles. The number of carbonyl (C=O) groups is 2. The van der Waals surface area contributed by atoms with E-state index in [4.69, 9.17) is 0 Å². The molecule has 29 heavy (non-hydrogen) atoms. The van der Waals surface area contributed by atoms with Gasteiger partial charge >= 0.3 is 6.03 Å². The Morgan fingerprint density at radius 3 is 2.03 bits per heavy atom. The Labute approximate surface area is 172 Å². The Morgan fingerprint density at radius 2 is 1.41 bits per heavy atom. The topological polar surface area (TPSA) is 70.2 Å². The van der Waals surface area contributed by atoms with Crippen LogP contribution in [0.15, 0.2) is 60.7 Å². The van der Waals surface area contributed by atoms with Gasteiger partial charge in [0, 0.05) is 18.5 Å². The minimum Gasteiger partial charge on any atom is -0.353 e. The normalized spacial score (nSPS) is 18.6. The average molecular weight is 392 g/mol. The minimum absolute atomic E-state index is 0.0490. The Morgan fingerprint density at radius 1 is 0.793 bits per heavy atom. The quantitative estimate of drug-likeness (QED) is 0.674. The van der Waals surface area contributed by atoms with Gasteiger partial charge in [0.1, 0.15) is 5.54 Å². The molecule has 0 aliphatic heterocycles. The Bertz CT molecular complexity index is 841. The molecule has 152 valence electrons. The summed E-state index contributed by atoms with van der Waals surface area (Å²) in [6, 6.07) is 19.9. The second kappa shape index (κ2) is 8.27. The van der Waals surface area contributed by atoms with Crippen molar-refractivity contribution in [1.29, 1.82) is 0 Å². The third kappa shape index (κ3) is 4.44. The fourth-order valence-electron chi connectivity index (χ4n) is 4.36. The molecule has 2 fully saturated rings. The molecule has 0 bridgehead atoms. The zero-order valence-corrected chi connectivity index (χ0v) is 16.7. The highest BCUT2D eigenvalue weighted by Crippen LogP contribution is 2.47. The van der Waals surface area contributed by atoms with Gasteiger partial charge in [-0.15, -0.1) is 0 Å². The number of hydrogen-bond acceptors (Lipinski definition) is 2. The van der Waals surface area contributed by atoms with E-state index in [2.05, 4.69) is 28.1 Å². The lowest BCUT2D eigenvalue weighted by Gasteiger charge is -2.30. The maximum Gasteiger partial charge on any atom is 0.315 e. The van der Waals surface area contributed by atoms with Crippen molar-refractivity contribution in [3.8, 4) is 0 Å². The van der Waals surface area contributed by atoms with Crippen LogP contribution >= 0.6 is 0 Å². The molecule has 0 radical (unpaired) electrons. The van der Waals surface area contributed by atoms with Crippen LogP contribution in [0.4, 0.5) is 4.79 Å². The van der Waals surface area contributed by atoms with Crippen LogP contribution in [0.5, 0.6) is 0 Å². The molecule has 4 rings (SSSR count). The van der Waals surface area contributed by atoms with E-state index >= 15 is 0 Å². The third-order valence-electron chi connectivity index (χ3n) is 6.37. The molecule has 0 heterocycles. The SMILES string of the molecule is O=C(NCc1ccccc1)NC1(C(=O)NCC2(c3ccccc3)CC2)CCCC1. The fraction of sp³-hybridized carbons (Fsp3) is 0.417. The van der Waals surface area contributed by atoms with Crippen LogP contribution in [0.25, 0.3) is 0 Å². The third-order valence-corrected chi connectivity index (χ3v) is 6.37. The van der Waals surface area contributed by atoms with Gasteiger partial charge < -0.3 is 16.0 Å². The molecule has 0 spiro atoms. The summed E-state index contributed by atoms with van der Waals surface area (Å²) in [6.07, 6.45) is 5.48. The second-order valence-electron chi connectivity index (χ2n) is 8.41. The molecule has 0 atom stereocenters. The summed E-state index contributed by atoms with van der Waals surface area (Å²) in [6.45, 7) is 1.08. The molecule has 2 aliphatic rings. The Kier molecular flexibility index (Phi) is 5.56. The van der Waals surface area contributed by atoms with E-state index in [1.165, 1.54) is 5.56 Å². The first-order valence-electron chi connectivity index (χ1n) is 10.6. The maximum absolute atomic E-state index is 13.1. The summed E-state index contributed by atoms with van der Waals surface area (Å²) >= 11 is 0. The lowest BCUT2D eigenvalue weighted by Crippen LogP contribution is -2.59. The smallest absolute Gasteiger partial charge is 0.315 e. The first kappa shape index (κ1) is 19.5. The number of amides is 3. The van der Waals surface area contributed by atoms with E-state index in [0.29, 0.717) is 25.9 Å². The number of hydrogen-bond donors (Lipinski definition) is 3. The highest BCUT2D eigenvalue weighted by molar-refractivity contribution is 5.91. The van der Waals surface area contributed by atoms with Crippen molar-refractivity contribution in [2.45, 2.75) is 56.0 Å². The maximum atomic E-state index is 13.1. The van der Waals surface area contributed by atoms with Gasteiger partial charge in [-0.05, 0) is 36.8 Å². The van der Waals surface area contributed by atoms with Gasteiger partial charge in [-0.2, -0.15) is 0 Å². The molecule has 2 aromatic carbocycles. The highest BCUT2D eigenvalue weighted by Gasteiger charge is 2.47. The van der Waals surface area contributed by atoms with Crippen LogP contribution in [0, 0.1) is 0 Å². The molecule has 2 saturated carbocycles. The number of nitrogens with one attached hydrogen (secondary N) is 3. The minimum atomic E-state index is -0.798. The molecule has 0 unspecified atom stereocenters. The van der Waals surface area contributed by atoms with Gasteiger partial charge in [-0.3, -0.25) is 4.79 Å². The molecule has 0 saturated heterocycles. The van der Waals surface area contributed by atoms with Crippen LogP contribution in [0.2, 0.25) is 0 Å². The summed E-state index contributed by atoms with van der Waals surface area (Å²) in [4.78, 5) is 25.6. The van der Waals surface area contributed by atoms with Gasteiger partial charge in [0.25, 0.3) is 0 Å². The van der Waals surface area contributed by atoms with Crippen molar-refractivity contribution in [3.63, 3.8) is 0 Å². The molecule has 3 amide bonds. The average Bonchev–Trinajstić information content (AvgIpc) is 3.42. The van der Waals surface area contributed by atoms with E-state index in [9.17, 15) is 9.59 Å². The molecular weight excluding hydrogens is 362 g/mol. The molecule has 3 N–H and O–H groups in total. The van der Waals surface area contributed by atoms with E-state index < -0.39 is 5.54 Å². The monoisotopic (exact) mass is 391 g/mol. The summed E-state index contributed by atoms with van der Waals surface area (Å²) in [5.41, 5.74) is 1.58. The van der Waals surface area contributed by atoms with Gasteiger partial charge in [0.05, 0.1) is 0 Å². The van der Waals surface area contributed by atoms with Crippen molar-refractivity contribution < 1.29 is 9.59 Å². The van der Waals surface area contributed by atoms with Crippen molar-refractivity contribution in [2.24, 2.45) is 0 Å².